The second kappa shape index (κ2) is 5.51. The maximum Gasteiger partial charge on any atom is 0.341 e. The van der Waals surface area contributed by atoms with Gasteiger partial charge in [0.15, 0.2) is 11.6 Å². The first kappa shape index (κ1) is 18.3. The number of ketones is 2. The molecule has 0 saturated heterocycles. The fraction of sp³-hybridized carbons (Fsp3) is 0.524. The van der Waals surface area contributed by atoms with Gasteiger partial charge in [0.2, 0.25) is 0 Å². The Labute approximate surface area is 153 Å². The highest BCUT2D eigenvalue weighted by Crippen LogP contribution is 2.63. The highest BCUT2D eigenvalue weighted by Gasteiger charge is 2.59. The molecule has 1 saturated carbocycles. The lowest BCUT2D eigenvalue weighted by Crippen LogP contribution is -2.54. The molecule has 136 valence electrons. The zero-order valence-electron chi connectivity index (χ0n) is 15.8. The molecule has 5 nitrogen and oxygen atoms in total. The van der Waals surface area contributed by atoms with Crippen LogP contribution in [0.25, 0.3) is 0 Å². The summed E-state index contributed by atoms with van der Waals surface area (Å²) < 4.78 is 4.83. The molecule has 5 heteroatoms. The third-order valence-electron chi connectivity index (χ3n) is 6.55. The Balaban J connectivity index is 2.25. The number of methoxy groups -OCH3 is 1. The van der Waals surface area contributed by atoms with Gasteiger partial charge in [-0.2, -0.15) is 5.26 Å². The van der Waals surface area contributed by atoms with E-state index in [1.807, 2.05) is 33.8 Å². The smallest absolute Gasteiger partial charge is 0.341 e. The summed E-state index contributed by atoms with van der Waals surface area (Å²) >= 11 is 0. The number of Topliss-reactive ketones (excluding diaryl/α,β-unsaturated/α-hetero) is 1. The zero-order chi connectivity index (χ0) is 19.5. The molecule has 1 fully saturated rings. The topological polar surface area (TPSA) is 84.2 Å². The number of carbonyl (C=O) groups excluding carboxylic acids is 3. The molecule has 0 amide bonds. The summed E-state index contributed by atoms with van der Waals surface area (Å²) in [6, 6.07) is 1.98. The number of esters is 1. The molecule has 0 heterocycles. The third kappa shape index (κ3) is 2.25. The van der Waals surface area contributed by atoms with Crippen molar-refractivity contribution < 1.29 is 19.1 Å². The van der Waals surface area contributed by atoms with Gasteiger partial charge in [-0.1, -0.05) is 39.8 Å². The predicted molar refractivity (Wildman–Crippen MR) is 94.6 cm³/mol. The predicted octanol–water partition coefficient (Wildman–Crippen LogP) is 3.08. The van der Waals surface area contributed by atoms with Gasteiger partial charge in [0.1, 0.15) is 11.6 Å². The Hall–Kier alpha value is -2.48. The SMILES string of the molecule is COC(=O)C1=C[C@]2(C)C3=CC(=O)C(C#N)=C[C@]3(C)CC[C@H]2C(C)(C)C1=O. The van der Waals surface area contributed by atoms with Crippen LogP contribution in [-0.2, 0) is 19.1 Å². The summed E-state index contributed by atoms with van der Waals surface area (Å²) in [5.41, 5.74) is -0.769. The first-order chi connectivity index (χ1) is 12.0. The quantitative estimate of drug-likeness (QED) is 0.534. The molecular weight excluding hydrogens is 330 g/mol. The molecule has 3 atom stereocenters. The third-order valence-corrected chi connectivity index (χ3v) is 6.55. The normalized spacial score (nSPS) is 35.2. The van der Waals surface area contributed by atoms with Gasteiger partial charge < -0.3 is 4.74 Å². The Bertz CT molecular complexity index is 867. The number of hydrogen-bond acceptors (Lipinski definition) is 5. The number of nitriles is 1. The van der Waals surface area contributed by atoms with E-state index in [1.165, 1.54) is 7.11 Å². The first-order valence-electron chi connectivity index (χ1n) is 8.77. The summed E-state index contributed by atoms with van der Waals surface area (Å²) in [6.45, 7) is 7.72. The number of hydrogen-bond donors (Lipinski definition) is 0. The Morgan fingerprint density at radius 3 is 2.46 bits per heavy atom. The van der Waals surface area contributed by atoms with E-state index in [9.17, 15) is 19.6 Å². The van der Waals surface area contributed by atoms with Crippen molar-refractivity contribution in [3.8, 4) is 6.07 Å². The minimum Gasteiger partial charge on any atom is -0.465 e. The van der Waals surface area contributed by atoms with E-state index in [0.717, 1.165) is 18.4 Å². The molecule has 3 aliphatic rings. The minimum absolute atomic E-state index is 0.0416. The van der Waals surface area contributed by atoms with Gasteiger partial charge in [0.25, 0.3) is 0 Å². The number of allylic oxidation sites excluding steroid dienone is 5. The van der Waals surface area contributed by atoms with E-state index in [4.69, 9.17) is 4.74 Å². The Morgan fingerprint density at radius 1 is 1.23 bits per heavy atom. The van der Waals surface area contributed by atoms with E-state index < -0.39 is 22.2 Å². The van der Waals surface area contributed by atoms with Crippen molar-refractivity contribution in [2.24, 2.45) is 22.2 Å². The van der Waals surface area contributed by atoms with Gasteiger partial charge in [-0.25, -0.2) is 4.79 Å². The van der Waals surface area contributed by atoms with Gasteiger partial charge in [0, 0.05) is 16.2 Å². The lowest BCUT2D eigenvalue weighted by atomic mass is 9.45. The Morgan fingerprint density at radius 2 is 1.88 bits per heavy atom. The highest BCUT2D eigenvalue weighted by atomic mass is 16.5. The number of fused-ring (bicyclic) bond motifs is 3. The van der Waals surface area contributed by atoms with Gasteiger partial charge in [-0.15, -0.1) is 0 Å². The summed E-state index contributed by atoms with van der Waals surface area (Å²) in [4.78, 5) is 37.6. The van der Waals surface area contributed by atoms with Crippen molar-refractivity contribution >= 4 is 17.5 Å². The van der Waals surface area contributed by atoms with Crippen molar-refractivity contribution in [3.05, 3.63) is 34.9 Å². The van der Waals surface area contributed by atoms with Crippen molar-refractivity contribution in [1.82, 2.24) is 0 Å². The van der Waals surface area contributed by atoms with Crippen LogP contribution in [0.15, 0.2) is 34.9 Å². The van der Waals surface area contributed by atoms with Gasteiger partial charge in [0.05, 0.1) is 12.7 Å². The van der Waals surface area contributed by atoms with Gasteiger partial charge >= 0.3 is 5.97 Å². The van der Waals surface area contributed by atoms with E-state index in [-0.39, 0.29) is 28.6 Å². The second-order valence-corrected chi connectivity index (χ2v) is 8.48. The summed E-state index contributed by atoms with van der Waals surface area (Å²) in [6.07, 6.45) is 6.50. The monoisotopic (exact) mass is 353 g/mol. The molecule has 0 aromatic rings. The van der Waals surface area contributed by atoms with E-state index in [0.29, 0.717) is 0 Å². The van der Waals surface area contributed by atoms with Crippen LogP contribution in [0.4, 0.5) is 0 Å². The fourth-order valence-electron chi connectivity index (χ4n) is 5.26. The molecule has 0 aliphatic heterocycles. The van der Waals surface area contributed by atoms with Crippen LogP contribution in [0, 0.1) is 33.5 Å². The van der Waals surface area contributed by atoms with Crippen LogP contribution in [0.5, 0.6) is 0 Å². The van der Waals surface area contributed by atoms with Crippen LogP contribution in [0.3, 0.4) is 0 Å². The summed E-state index contributed by atoms with van der Waals surface area (Å²) in [7, 11) is 1.26. The number of rotatable bonds is 1. The van der Waals surface area contributed by atoms with Crippen LogP contribution < -0.4 is 0 Å². The molecule has 0 bridgehead atoms. The average molecular weight is 353 g/mol. The maximum atomic E-state index is 12.9. The minimum atomic E-state index is -0.753. The maximum absolute atomic E-state index is 12.9. The molecule has 3 aliphatic carbocycles. The van der Waals surface area contributed by atoms with Crippen LogP contribution >= 0.6 is 0 Å². The van der Waals surface area contributed by atoms with E-state index >= 15 is 0 Å². The molecule has 0 aromatic heterocycles. The molecular formula is C21H23NO4. The van der Waals surface area contributed by atoms with Crippen LogP contribution in [0.1, 0.15) is 40.5 Å². The molecule has 0 radical (unpaired) electrons. The fourth-order valence-corrected chi connectivity index (χ4v) is 5.26. The van der Waals surface area contributed by atoms with Gasteiger partial charge in [-0.3, -0.25) is 9.59 Å². The molecule has 3 rings (SSSR count). The second-order valence-electron chi connectivity index (χ2n) is 8.48. The van der Waals surface area contributed by atoms with Crippen LogP contribution in [0.2, 0.25) is 0 Å². The number of carbonyl (C=O) groups is 3. The largest absolute Gasteiger partial charge is 0.465 e. The summed E-state index contributed by atoms with van der Waals surface area (Å²) in [5, 5.41) is 9.24. The van der Waals surface area contributed by atoms with Crippen molar-refractivity contribution in [1.29, 1.82) is 5.26 Å². The highest BCUT2D eigenvalue weighted by molar-refractivity contribution is 6.20. The number of ether oxygens (including phenoxy) is 1. The van der Waals surface area contributed by atoms with Crippen molar-refractivity contribution in [3.63, 3.8) is 0 Å². The molecule has 0 unspecified atom stereocenters. The molecule has 26 heavy (non-hydrogen) atoms. The lowest BCUT2D eigenvalue weighted by molar-refractivity contribution is -0.142. The zero-order valence-corrected chi connectivity index (χ0v) is 15.8. The molecule has 0 aromatic carbocycles. The van der Waals surface area contributed by atoms with Crippen molar-refractivity contribution in [2.45, 2.75) is 40.5 Å². The number of nitrogens with zero attached hydrogens (tertiary/aromatic N) is 1. The lowest BCUT2D eigenvalue weighted by Gasteiger charge is -2.57. The Kier molecular flexibility index (Phi) is 3.88. The van der Waals surface area contributed by atoms with Crippen molar-refractivity contribution in [2.75, 3.05) is 7.11 Å². The van der Waals surface area contributed by atoms with E-state index in [1.54, 1.807) is 18.2 Å². The van der Waals surface area contributed by atoms with Gasteiger partial charge in [-0.05, 0) is 30.4 Å². The van der Waals surface area contributed by atoms with Crippen LogP contribution in [-0.4, -0.2) is 24.6 Å². The molecule has 0 spiro atoms. The van der Waals surface area contributed by atoms with E-state index in [2.05, 4.69) is 0 Å². The first-order valence-corrected chi connectivity index (χ1v) is 8.77. The molecule has 0 N–H and O–H groups in total. The summed E-state index contributed by atoms with van der Waals surface area (Å²) in [5.74, 6) is -1.22. The average Bonchev–Trinajstić information content (AvgIpc) is 2.58. The standard InChI is InChI=1S/C21H23NO4/c1-19(2)15-6-7-20(3)9-12(11-22)14(23)8-16(20)21(15,4)10-13(17(19)24)18(25)26-5/h8-10,15H,6-7H2,1-5H3/t15-,20-,21-/m0/s1.